The Bertz CT molecular complexity index is 430. The predicted molar refractivity (Wildman–Crippen MR) is 66.8 cm³/mol. The highest BCUT2D eigenvalue weighted by Crippen LogP contribution is 2.31. The molecule has 1 aromatic carbocycles. The van der Waals surface area contributed by atoms with E-state index < -0.39 is 11.9 Å². The van der Waals surface area contributed by atoms with Crippen molar-refractivity contribution in [3.8, 4) is 0 Å². The first-order valence-corrected chi connectivity index (χ1v) is 6.26. The average molecular weight is 247 g/mol. The summed E-state index contributed by atoms with van der Waals surface area (Å²) in [6.45, 7) is 2.55. The molecular formula is C14H17NO3. The van der Waals surface area contributed by atoms with Gasteiger partial charge in [0.25, 0.3) is 0 Å². The molecule has 2 rings (SSSR count). The summed E-state index contributed by atoms with van der Waals surface area (Å²) in [5.74, 6) is -1.27. The van der Waals surface area contributed by atoms with E-state index in [1.807, 2.05) is 30.3 Å². The Kier molecular flexibility index (Phi) is 3.97. The molecule has 0 aliphatic carbocycles. The zero-order chi connectivity index (χ0) is 13.0. The molecule has 0 spiro atoms. The normalized spacial score (nSPS) is 18.7. The highest BCUT2D eigenvalue weighted by atomic mass is 16.5. The second-order valence-electron chi connectivity index (χ2n) is 4.29. The van der Waals surface area contributed by atoms with Crippen LogP contribution in [0.25, 0.3) is 0 Å². The standard InChI is InChI=1S/C14H17NO3/c1-2-18-14(17)13(16)15-10-6-9-12(15)11-7-4-3-5-8-11/h3-5,7-8,12H,2,6,9-10H2,1H3/t12-/m1/s1. The molecule has 0 N–H and O–H groups in total. The van der Waals surface area contributed by atoms with Crippen molar-refractivity contribution in [2.24, 2.45) is 0 Å². The van der Waals surface area contributed by atoms with E-state index in [1.54, 1.807) is 11.8 Å². The van der Waals surface area contributed by atoms with Crippen molar-refractivity contribution >= 4 is 11.9 Å². The number of nitrogens with zero attached hydrogens (tertiary/aromatic N) is 1. The Morgan fingerprint density at radius 1 is 1.33 bits per heavy atom. The molecule has 1 heterocycles. The number of hydrogen-bond donors (Lipinski definition) is 0. The van der Waals surface area contributed by atoms with Gasteiger partial charge in [-0.15, -0.1) is 0 Å². The van der Waals surface area contributed by atoms with E-state index in [4.69, 9.17) is 4.74 Å². The van der Waals surface area contributed by atoms with Crippen LogP contribution in [0, 0.1) is 0 Å². The van der Waals surface area contributed by atoms with Gasteiger partial charge in [0.05, 0.1) is 12.6 Å². The Morgan fingerprint density at radius 2 is 2.06 bits per heavy atom. The molecule has 0 unspecified atom stereocenters. The van der Waals surface area contributed by atoms with E-state index in [0.29, 0.717) is 6.54 Å². The Hall–Kier alpha value is -1.84. The molecule has 1 aliphatic rings. The van der Waals surface area contributed by atoms with Gasteiger partial charge in [-0.25, -0.2) is 4.79 Å². The van der Waals surface area contributed by atoms with Gasteiger partial charge in [0.1, 0.15) is 0 Å². The third kappa shape index (κ3) is 2.53. The van der Waals surface area contributed by atoms with Crippen molar-refractivity contribution in [1.82, 2.24) is 4.90 Å². The summed E-state index contributed by atoms with van der Waals surface area (Å²) in [5, 5.41) is 0. The van der Waals surface area contributed by atoms with Crippen LogP contribution in [0.15, 0.2) is 30.3 Å². The molecule has 0 aromatic heterocycles. The second-order valence-corrected chi connectivity index (χ2v) is 4.29. The molecule has 1 aliphatic heterocycles. The molecule has 0 saturated carbocycles. The number of benzene rings is 1. The third-order valence-electron chi connectivity index (χ3n) is 3.15. The molecule has 1 fully saturated rings. The van der Waals surface area contributed by atoms with Crippen LogP contribution in [0.5, 0.6) is 0 Å². The van der Waals surface area contributed by atoms with Crippen LogP contribution in [0.1, 0.15) is 31.4 Å². The third-order valence-corrected chi connectivity index (χ3v) is 3.15. The van der Waals surface area contributed by atoms with Crippen LogP contribution in [-0.2, 0) is 14.3 Å². The summed E-state index contributed by atoms with van der Waals surface area (Å²) in [7, 11) is 0. The molecule has 0 bridgehead atoms. The fraction of sp³-hybridized carbons (Fsp3) is 0.429. The zero-order valence-electron chi connectivity index (χ0n) is 10.5. The van der Waals surface area contributed by atoms with Crippen LogP contribution in [0.4, 0.5) is 0 Å². The summed E-state index contributed by atoms with van der Waals surface area (Å²) >= 11 is 0. The lowest BCUT2D eigenvalue weighted by Crippen LogP contribution is -2.37. The smallest absolute Gasteiger partial charge is 0.397 e. The molecule has 96 valence electrons. The lowest BCUT2D eigenvalue weighted by atomic mass is 10.0. The maximum atomic E-state index is 12.0. The van der Waals surface area contributed by atoms with Gasteiger partial charge in [0.15, 0.2) is 0 Å². The monoisotopic (exact) mass is 247 g/mol. The van der Waals surface area contributed by atoms with Crippen LogP contribution >= 0.6 is 0 Å². The van der Waals surface area contributed by atoms with Crippen molar-refractivity contribution in [3.05, 3.63) is 35.9 Å². The van der Waals surface area contributed by atoms with Crippen LogP contribution in [0.3, 0.4) is 0 Å². The largest absolute Gasteiger partial charge is 0.459 e. The second kappa shape index (κ2) is 5.67. The molecule has 1 amide bonds. The van der Waals surface area contributed by atoms with Crippen molar-refractivity contribution in [2.75, 3.05) is 13.2 Å². The number of hydrogen-bond acceptors (Lipinski definition) is 3. The highest BCUT2D eigenvalue weighted by molar-refractivity contribution is 6.32. The molecule has 18 heavy (non-hydrogen) atoms. The topological polar surface area (TPSA) is 46.6 Å². The molecule has 0 radical (unpaired) electrons. The fourth-order valence-corrected chi connectivity index (χ4v) is 2.34. The lowest BCUT2D eigenvalue weighted by molar-refractivity contribution is -0.160. The Balaban J connectivity index is 2.13. The summed E-state index contributed by atoms with van der Waals surface area (Å²) in [4.78, 5) is 25.1. The van der Waals surface area contributed by atoms with E-state index in [9.17, 15) is 9.59 Å². The van der Waals surface area contributed by atoms with Gasteiger partial charge in [0, 0.05) is 6.54 Å². The summed E-state index contributed by atoms with van der Waals surface area (Å²) in [6.07, 6.45) is 1.82. The van der Waals surface area contributed by atoms with E-state index >= 15 is 0 Å². The number of carbonyl (C=O) groups is 2. The number of esters is 1. The number of likely N-dealkylation sites (tertiary alicyclic amines) is 1. The van der Waals surface area contributed by atoms with E-state index in [0.717, 1.165) is 18.4 Å². The van der Waals surface area contributed by atoms with Gasteiger partial charge in [-0.2, -0.15) is 0 Å². The zero-order valence-corrected chi connectivity index (χ0v) is 10.5. The first-order valence-electron chi connectivity index (χ1n) is 6.26. The van der Waals surface area contributed by atoms with Crippen LogP contribution < -0.4 is 0 Å². The molecule has 1 aromatic rings. The highest BCUT2D eigenvalue weighted by Gasteiger charge is 2.33. The van der Waals surface area contributed by atoms with Crippen molar-refractivity contribution in [2.45, 2.75) is 25.8 Å². The van der Waals surface area contributed by atoms with Gasteiger partial charge >= 0.3 is 11.9 Å². The van der Waals surface area contributed by atoms with E-state index in [-0.39, 0.29) is 12.6 Å². The Morgan fingerprint density at radius 3 is 2.72 bits per heavy atom. The van der Waals surface area contributed by atoms with Crippen molar-refractivity contribution in [1.29, 1.82) is 0 Å². The summed E-state index contributed by atoms with van der Waals surface area (Å²) < 4.78 is 4.77. The quantitative estimate of drug-likeness (QED) is 0.592. The van der Waals surface area contributed by atoms with Crippen molar-refractivity contribution in [3.63, 3.8) is 0 Å². The number of carbonyl (C=O) groups excluding carboxylic acids is 2. The average Bonchev–Trinajstić information content (AvgIpc) is 2.88. The molecular weight excluding hydrogens is 230 g/mol. The fourth-order valence-electron chi connectivity index (χ4n) is 2.34. The minimum absolute atomic E-state index is 0.00288. The van der Waals surface area contributed by atoms with Gasteiger partial charge in [-0.3, -0.25) is 4.79 Å². The van der Waals surface area contributed by atoms with Crippen LogP contribution in [0.2, 0.25) is 0 Å². The Labute approximate surface area is 107 Å². The number of amides is 1. The van der Waals surface area contributed by atoms with Gasteiger partial charge in [-0.05, 0) is 25.3 Å². The van der Waals surface area contributed by atoms with Gasteiger partial charge < -0.3 is 9.64 Å². The molecule has 4 heteroatoms. The maximum Gasteiger partial charge on any atom is 0.397 e. The summed E-state index contributed by atoms with van der Waals surface area (Å²) in [6, 6.07) is 9.81. The lowest BCUT2D eigenvalue weighted by Gasteiger charge is -2.23. The minimum Gasteiger partial charge on any atom is -0.459 e. The summed E-state index contributed by atoms with van der Waals surface area (Å²) in [5.41, 5.74) is 1.08. The number of ether oxygens (including phenoxy) is 1. The maximum absolute atomic E-state index is 12.0. The predicted octanol–water partition coefficient (Wildman–Crippen LogP) is 1.91. The minimum atomic E-state index is -0.750. The van der Waals surface area contributed by atoms with Crippen LogP contribution in [-0.4, -0.2) is 29.9 Å². The van der Waals surface area contributed by atoms with E-state index in [1.165, 1.54) is 0 Å². The van der Waals surface area contributed by atoms with E-state index in [2.05, 4.69) is 0 Å². The molecule has 1 saturated heterocycles. The van der Waals surface area contributed by atoms with Crippen molar-refractivity contribution < 1.29 is 14.3 Å². The molecule has 1 atom stereocenters. The SMILES string of the molecule is CCOC(=O)C(=O)N1CCC[C@@H]1c1ccccc1. The number of rotatable bonds is 2. The van der Waals surface area contributed by atoms with Gasteiger partial charge in [0.2, 0.25) is 0 Å². The first-order chi connectivity index (χ1) is 8.74. The van der Waals surface area contributed by atoms with Gasteiger partial charge in [-0.1, -0.05) is 30.3 Å². The first kappa shape index (κ1) is 12.6. The molecule has 4 nitrogen and oxygen atoms in total.